The Hall–Kier alpha value is -1.55. The standard InChI is InChI=1S/C16H27N3O/c1-5-12(6-2)15(19(3)4)11-18-16(20)13-7-9-14(17)10-8-13/h7-10,12,15H,5-6,11,17H2,1-4H3,(H,18,20). The molecule has 0 saturated heterocycles. The van der Waals surface area contributed by atoms with Crippen LogP contribution in [0.5, 0.6) is 0 Å². The van der Waals surface area contributed by atoms with Gasteiger partial charge in [0.15, 0.2) is 0 Å². The van der Waals surface area contributed by atoms with Gasteiger partial charge in [-0.1, -0.05) is 26.7 Å². The minimum Gasteiger partial charge on any atom is -0.399 e. The lowest BCUT2D eigenvalue weighted by atomic mass is 9.93. The fraction of sp³-hybridized carbons (Fsp3) is 0.562. The number of nitrogens with two attached hydrogens (primary N) is 1. The van der Waals surface area contributed by atoms with Crippen LogP contribution in [0.2, 0.25) is 0 Å². The van der Waals surface area contributed by atoms with Gasteiger partial charge in [-0.15, -0.1) is 0 Å². The normalized spacial score (nSPS) is 12.7. The third-order valence-corrected chi connectivity index (χ3v) is 3.90. The molecule has 0 spiro atoms. The molecule has 0 fully saturated rings. The van der Waals surface area contributed by atoms with Gasteiger partial charge in [-0.25, -0.2) is 0 Å². The zero-order chi connectivity index (χ0) is 15.1. The molecule has 4 heteroatoms. The molecular formula is C16H27N3O. The maximum atomic E-state index is 12.1. The molecule has 0 radical (unpaired) electrons. The largest absolute Gasteiger partial charge is 0.399 e. The fourth-order valence-corrected chi connectivity index (χ4v) is 2.54. The topological polar surface area (TPSA) is 58.4 Å². The summed E-state index contributed by atoms with van der Waals surface area (Å²) in [6.07, 6.45) is 2.24. The van der Waals surface area contributed by atoms with Crippen molar-refractivity contribution in [1.29, 1.82) is 0 Å². The second-order valence-electron chi connectivity index (χ2n) is 5.44. The van der Waals surface area contributed by atoms with Gasteiger partial charge in [-0.05, 0) is 44.3 Å². The number of likely N-dealkylation sites (N-methyl/N-ethyl adjacent to an activating group) is 1. The zero-order valence-corrected chi connectivity index (χ0v) is 13.0. The lowest BCUT2D eigenvalue weighted by Gasteiger charge is -2.31. The van der Waals surface area contributed by atoms with Crippen molar-refractivity contribution in [3.8, 4) is 0 Å². The van der Waals surface area contributed by atoms with Gasteiger partial charge in [0, 0.05) is 23.8 Å². The predicted molar refractivity (Wildman–Crippen MR) is 84.7 cm³/mol. The van der Waals surface area contributed by atoms with Crippen LogP contribution in [-0.4, -0.2) is 37.5 Å². The van der Waals surface area contributed by atoms with E-state index in [-0.39, 0.29) is 5.91 Å². The lowest BCUT2D eigenvalue weighted by Crippen LogP contribution is -2.44. The second kappa shape index (κ2) is 7.90. The summed E-state index contributed by atoms with van der Waals surface area (Å²) >= 11 is 0. The highest BCUT2D eigenvalue weighted by Crippen LogP contribution is 2.16. The van der Waals surface area contributed by atoms with Crippen LogP contribution in [0.4, 0.5) is 5.69 Å². The Morgan fingerprint density at radius 3 is 2.20 bits per heavy atom. The average molecular weight is 277 g/mol. The van der Waals surface area contributed by atoms with Gasteiger partial charge >= 0.3 is 0 Å². The van der Waals surface area contributed by atoms with Crippen LogP contribution in [0.15, 0.2) is 24.3 Å². The highest BCUT2D eigenvalue weighted by molar-refractivity contribution is 5.94. The van der Waals surface area contributed by atoms with E-state index >= 15 is 0 Å². The molecule has 0 saturated carbocycles. The molecule has 0 aliphatic rings. The number of nitrogens with zero attached hydrogens (tertiary/aromatic N) is 1. The first kappa shape index (κ1) is 16.5. The number of anilines is 1. The van der Waals surface area contributed by atoms with Gasteiger partial charge in [-0.3, -0.25) is 4.79 Å². The maximum absolute atomic E-state index is 12.1. The molecule has 0 aromatic heterocycles. The van der Waals surface area contributed by atoms with Crippen LogP contribution in [0.25, 0.3) is 0 Å². The molecule has 112 valence electrons. The van der Waals surface area contributed by atoms with Crippen molar-refractivity contribution in [3.63, 3.8) is 0 Å². The van der Waals surface area contributed by atoms with E-state index in [1.807, 2.05) is 0 Å². The summed E-state index contributed by atoms with van der Waals surface area (Å²) < 4.78 is 0. The van der Waals surface area contributed by atoms with Gasteiger partial charge in [0.1, 0.15) is 0 Å². The monoisotopic (exact) mass is 277 g/mol. The molecule has 1 atom stereocenters. The number of amides is 1. The van der Waals surface area contributed by atoms with Crippen molar-refractivity contribution >= 4 is 11.6 Å². The first-order valence-electron chi connectivity index (χ1n) is 7.29. The highest BCUT2D eigenvalue weighted by atomic mass is 16.1. The van der Waals surface area contributed by atoms with Gasteiger partial charge < -0.3 is 16.0 Å². The van der Waals surface area contributed by atoms with Crippen LogP contribution in [0.3, 0.4) is 0 Å². The van der Waals surface area contributed by atoms with Crippen LogP contribution in [-0.2, 0) is 0 Å². The van der Waals surface area contributed by atoms with E-state index in [0.717, 1.165) is 12.8 Å². The Kier molecular flexibility index (Phi) is 6.52. The van der Waals surface area contributed by atoms with Crippen molar-refractivity contribution in [2.75, 3.05) is 26.4 Å². The van der Waals surface area contributed by atoms with Gasteiger partial charge in [0.2, 0.25) is 0 Å². The maximum Gasteiger partial charge on any atom is 0.251 e. The van der Waals surface area contributed by atoms with E-state index in [4.69, 9.17) is 5.73 Å². The molecule has 0 aliphatic carbocycles. The van der Waals surface area contributed by atoms with Gasteiger partial charge in [0.25, 0.3) is 5.91 Å². The number of benzene rings is 1. The van der Waals surface area contributed by atoms with Crippen molar-refractivity contribution < 1.29 is 4.79 Å². The van der Waals surface area contributed by atoms with E-state index in [0.29, 0.717) is 29.8 Å². The lowest BCUT2D eigenvalue weighted by molar-refractivity contribution is 0.0929. The van der Waals surface area contributed by atoms with E-state index in [2.05, 4.69) is 38.2 Å². The Morgan fingerprint density at radius 2 is 1.75 bits per heavy atom. The number of hydrogen-bond acceptors (Lipinski definition) is 3. The summed E-state index contributed by atoms with van der Waals surface area (Å²) in [5, 5.41) is 3.03. The number of carbonyl (C=O) groups excluding carboxylic acids is 1. The number of rotatable bonds is 7. The number of hydrogen-bond donors (Lipinski definition) is 2. The first-order valence-corrected chi connectivity index (χ1v) is 7.29. The molecule has 1 rings (SSSR count). The molecule has 0 heterocycles. The van der Waals surface area contributed by atoms with Crippen LogP contribution >= 0.6 is 0 Å². The fourth-order valence-electron chi connectivity index (χ4n) is 2.54. The molecule has 4 nitrogen and oxygen atoms in total. The summed E-state index contributed by atoms with van der Waals surface area (Å²) in [4.78, 5) is 14.3. The minimum atomic E-state index is -0.0391. The van der Waals surface area contributed by atoms with Gasteiger partial charge in [0.05, 0.1) is 0 Å². The molecule has 1 unspecified atom stereocenters. The average Bonchev–Trinajstić information content (AvgIpc) is 2.43. The number of nitrogen functional groups attached to an aromatic ring is 1. The van der Waals surface area contributed by atoms with Crippen LogP contribution < -0.4 is 11.1 Å². The van der Waals surface area contributed by atoms with E-state index in [1.54, 1.807) is 24.3 Å². The highest BCUT2D eigenvalue weighted by Gasteiger charge is 2.21. The van der Waals surface area contributed by atoms with Crippen molar-refractivity contribution in [2.24, 2.45) is 5.92 Å². The molecule has 3 N–H and O–H groups in total. The Labute approximate surface area is 122 Å². The van der Waals surface area contributed by atoms with Crippen LogP contribution in [0.1, 0.15) is 37.0 Å². The first-order chi connectivity index (χ1) is 9.49. The summed E-state index contributed by atoms with van der Waals surface area (Å²) in [6.45, 7) is 5.07. The molecular weight excluding hydrogens is 250 g/mol. The van der Waals surface area contributed by atoms with Crippen LogP contribution in [0, 0.1) is 5.92 Å². The SMILES string of the molecule is CCC(CC)C(CNC(=O)c1ccc(N)cc1)N(C)C. The summed E-state index contributed by atoms with van der Waals surface area (Å²) in [7, 11) is 4.14. The Morgan fingerprint density at radius 1 is 1.20 bits per heavy atom. The minimum absolute atomic E-state index is 0.0391. The molecule has 1 aromatic rings. The summed E-state index contributed by atoms with van der Waals surface area (Å²) in [5.41, 5.74) is 6.95. The van der Waals surface area contributed by atoms with Crippen molar-refractivity contribution in [3.05, 3.63) is 29.8 Å². The van der Waals surface area contributed by atoms with E-state index in [9.17, 15) is 4.79 Å². The van der Waals surface area contributed by atoms with E-state index < -0.39 is 0 Å². The Balaban J connectivity index is 2.63. The van der Waals surface area contributed by atoms with Crippen molar-refractivity contribution in [1.82, 2.24) is 10.2 Å². The molecule has 0 bridgehead atoms. The number of nitrogens with one attached hydrogen (secondary N) is 1. The van der Waals surface area contributed by atoms with Gasteiger partial charge in [-0.2, -0.15) is 0 Å². The molecule has 20 heavy (non-hydrogen) atoms. The smallest absolute Gasteiger partial charge is 0.251 e. The quantitative estimate of drug-likeness (QED) is 0.752. The zero-order valence-electron chi connectivity index (χ0n) is 13.0. The summed E-state index contributed by atoms with van der Waals surface area (Å²) in [5.74, 6) is 0.555. The third-order valence-electron chi connectivity index (χ3n) is 3.90. The molecule has 1 amide bonds. The number of carbonyl (C=O) groups is 1. The summed E-state index contributed by atoms with van der Waals surface area (Å²) in [6, 6.07) is 7.37. The predicted octanol–water partition coefficient (Wildman–Crippen LogP) is 2.37. The molecule has 1 aromatic carbocycles. The third kappa shape index (κ3) is 4.53. The second-order valence-corrected chi connectivity index (χ2v) is 5.44. The Bertz CT molecular complexity index is 410. The van der Waals surface area contributed by atoms with E-state index in [1.165, 1.54) is 0 Å². The van der Waals surface area contributed by atoms with Crippen molar-refractivity contribution in [2.45, 2.75) is 32.7 Å². The molecule has 0 aliphatic heterocycles.